The summed E-state index contributed by atoms with van der Waals surface area (Å²) in [5.74, 6) is 0.262. The van der Waals surface area contributed by atoms with Crippen LogP contribution in [0, 0.1) is 11.3 Å². The second kappa shape index (κ2) is 16.3. The van der Waals surface area contributed by atoms with E-state index in [0.29, 0.717) is 32.8 Å². The van der Waals surface area contributed by atoms with Crippen molar-refractivity contribution in [3.8, 4) is 0 Å². The van der Waals surface area contributed by atoms with Gasteiger partial charge < -0.3 is 29.3 Å². The Morgan fingerprint density at radius 2 is 1.93 bits per heavy atom. The smallest absolute Gasteiger partial charge is 0.410 e. The number of nitrogens with one attached hydrogen (secondary N) is 1. The lowest BCUT2D eigenvalue weighted by atomic mass is 9.64. The summed E-state index contributed by atoms with van der Waals surface area (Å²) in [5, 5.41) is 8.29. The second-order valence-corrected chi connectivity index (χ2v) is 13.6. The molecule has 2 unspecified atom stereocenters. The summed E-state index contributed by atoms with van der Waals surface area (Å²) >= 11 is 0. The first-order chi connectivity index (χ1) is 19.3. The van der Waals surface area contributed by atoms with Crippen LogP contribution in [0.3, 0.4) is 0 Å². The standard InChI is InChI=1S/C31H55N5O5.H2S/c1-30(2,3)41-29(38)35(7)17-16-34(6)21-24-22-36(26-12-9-10-19-40-26)33-27(24)23-13-14-31(4,5)25(20-23)28(37)32-15-11-18-39-8;/h22-23,25-26H,9-21H2,1-8H3,(H,32,37);1H2/t23?,25-,26?;/m1./s1. The first kappa shape index (κ1) is 36.4. The third kappa shape index (κ3) is 10.7. The first-order valence-electron chi connectivity index (χ1n) is 15.4. The van der Waals surface area contributed by atoms with Gasteiger partial charge in [-0.1, -0.05) is 13.8 Å². The quantitative estimate of drug-likeness (QED) is 0.330. The van der Waals surface area contributed by atoms with E-state index in [4.69, 9.17) is 19.3 Å². The van der Waals surface area contributed by atoms with Crippen molar-refractivity contribution in [3.63, 3.8) is 0 Å². The minimum atomic E-state index is -0.519. The molecule has 2 heterocycles. The molecule has 10 nitrogen and oxygen atoms in total. The maximum absolute atomic E-state index is 13.3. The van der Waals surface area contributed by atoms with Gasteiger partial charge in [0.1, 0.15) is 11.8 Å². The number of amides is 2. The lowest BCUT2D eigenvalue weighted by Crippen LogP contribution is -2.43. The Hall–Kier alpha value is -1.82. The van der Waals surface area contributed by atoms with Crippen LogP contribution in [0.4, 0.5) is 4.79 Å². The highest BCUT2D eigenvalue weighted by molar-refractivity contribution is 7.59. The number of hydrogen-bond donors (Lipinski definition) is 1. The predicted molar refractivity (Wildman–Crippen MR) is 170 cm³/mol. The van der Waals surface area contributed by atoms with E-state index in [1.165, 1.54) is 5.56 Å². The van der Waals surface area contributed by atoms with Crippen LogP contribution >= 0.6 is 13.5 Å². The van der Waals surface area contributed by atoms with Gasteiger partial charge in [-0.2, -0.15) is 18.6 Å². The lowest BCUT2D eigenvalue weighted by Gasteiger charge is -2.41. The molecule has 242 valence electrons. The normalized spacial score (nSPS) is 22.4. The zero-order valence-electron chi connectivity index (χ0n) is 27.3. The van der Waals surface area contributed by atoms with Crippen molar-refractivity contribution in [2.24, 2.45) is 11.3 Å². The molecule has 11 heteroatoms. The molecule has 0 radical (unpaired) electrons. The van der Waals surface area contributed by atoms with Crippen LogP contribution in [0.25, 0.3) is 0 Å². The van der Waals surface area contributed by atoms with E-state index < -0.39 is 5.60 Å². The summed E-state index contributed by atoms with van der Waals surface area (Å²) < 4.78 is 18.7. The monoisotopic (exact) mass is 611 g/mol. The van der Waals surface area contributed by atoms with Gasteiger partial charge in [0.25, 0.3) is 0 Å². The average Bonchev–Trinajstić information content (AvgIpc) is 3.32. The van der Waals surface area contributed by atoms with Gasteiger partial charge in [0, 0.05) is 77.1 Å². The highest BCUT2D eigenvalue weighted by Crippen LogP contribution is 2.47. The molecule has 0 bridgehead atoms. The molecule has 42 heavy (non-hydrogen) atoms. The number of carbonyl (C=O) groups excluding carboxylic acids is 2. The maximum atomic E-state index is 13.3. The van der Waals surface area contributed by atoms with E-state index in [2.05, 4.69) is 37.3 Å². The summed E-state index contributed by atoms with van der Waals surface area (Å²) in [6.45, 7) is 14.1. The predicted octanol–water partition coefficient (Wildman–Crippen LogP) is 5.06. The van der Waals surface area contributed by atoms with Gasteiger partial charge in [-0.3, -0.25) is 4.79 Å². The number of rotatable bonds is 12. The van der Waals surface area contributed by atoms with Gasteiger partial charge in [-0.15, -0.1) is 0 Å². The van der Waals surface area contributed by atoms with Gasteiger partial charge in [0.15, 0.2) is 0 Å². The van der Waals surface area contributed by atoms with Gasteiger partial charge in [0.05, 0.1) is 5.69 Å². The number of aromatic nitrogens is 2. The number of carbonyl (C=O) groups is 2. The molecule has 1 aromatic rings. The van der Waals surface area contributed by atoms with Crippen molar-refractivity contribution in [1.29, 1.82) is 0 Å². The third-order valence-electron chi connectivity index (χ3n) is 8.38. The molecule has 1 aromatic heterocycles. The molecule has 1 N–H and O–H groups in total. The van der Waals surface area contributed by atoms with Crippen molar-refractivity contribution in [2.75, 3.05) is 54.1 Å². The van der Waals surface area contributed by atoms with E-state index >= 15 is 0 Å². The summed E-state index contributed by atoms with van der Waals surface area (Å²) in [6, 6.07) is 0. The highest BCUT2D eigenvalue weighted by atomic mass is 32.1. The zero-order chi connectivity index (χ0) is 30.2. The Balaban J connectivity index is 0.00000616. The number of hydrogen-bond acceptors (Lipinski definition) is 7. The van der Waals surface area contributed by atoms with Crippen LogP contribution in [0.1, 0.15) is 103 Å². The summed E-state index contributed by atoms with van der Waals surface area (Å²) in [5.41, 5.74) is 1.67. The summed E-state index contributed by atoms with van der Waals surface area (Å²) in [4.78, 5) is 29.6. The Morgan fingerprint density at radius 1 is 1.19 bits per heavy atom. The van der Waals surface area contributed by atoms with Crippen LogP contribution in [0.15, 0.2) is 6.20 Å². The molecule has 2 aliphatic rings. The maximum Gasteiger partial charge on any atom is 0.410 e. The van der Waals surface area contributed by atoms with Crippen molar-refractivity contribution in [3.05, 3.63) is 17.5 Å². The Bertz CT molecular complexity index is 989. The molecular formula is C31H57N5O5S. The minimum absolute atomic E-state index is 0. The Labute approximate surface area is 260 Å². The van der Waals surface area contributed by atoms with E-state index in [1.54, 1.807) is 19.1 Å². The Kier molecular flexibility index (Phi) is 14.1. The largest absolute Gasteiger partial charge is 0.444 e. The molecule has 1 saturated heterocycles. The second-order valence-electron chi connectivity index (χ2n) is 13.6. The molecule has 1 aliphatic heterocycles. The number of ether oxygens (including phenoxy) is 3. The molecule has 3 atom stereocenters. The molecule has 1 saturated carbocycles. The minimum Gasteiger partial charge on any atom is -0.444 e. The van der Waals surface area contributed by atoms with Crippen LogP contribution in [-0.4, -0.2) is 91.2 Å². The summed E-state index contributed by atoms with van der Waals surface area (Å²) in [6.07, 6.45) is 8.54. The first-order valence-corrected chi connectivity index (χ1v) is 15.4. The van der Waals surface area contributed by atoms with Gasteiger partial charge in [-0.25, -0.2) is 9.48 Å². The fourth-order valence-electron chi connectivity index (χ4n) is 5.81. The zero-order valence-corrected chi connectivity index (χ0v) is 28.3. The SMILES string of the molecule is COCCCNC(=O)[C@H]1CC(c2nn(C3CCCCO3)cc2CN(C)CCN(C)C(=O)OC(C)(C)C)CCC1(C)C.S. The molecule has 2 amide bonds. The number of methoxy groups -OCH3 is 1. The van der Waals surface area contributed by atoms with Crippen molar-refractivity contribution < 1.29 is 23.8 Å². The van der Waals surface area contributed by atoms with Crippen molar-refractivity contribution in [2.45, 2.75) is 104 Å². The number of likely N-dealkylation sites (N-methyl/N-ethyl adjacent to an activating group) is 2. The summed E-state index contributed by atoms with van der Waals surface area (Å²) in [7, 11) is 5.53. The van der Waals surface area contributed by atoms with E-state index in [-0.39, 0.29) is 49.0 Å². The molecular weight excluding hydrogens is 554 g/mol. The molecule has 1 aliphatic carbocycles. The van der Waals surface area contributed by atoms with Gasteiger partial charge in [-0.05, 0) is 78.2 Å². The molecule has 0 spiro atoms. The fourth-order valence-corrected chi connectivity index (χ4v) is 5.81. The van der Waals surface area contributed by atoms with Crippen LogP contribution < -0.4 is 5.32 Å². The van der Waals surface area contributed by atoms with Crippen LogP contribution in [0.5, 0.6) is 0 Å². The number of nitrogens with zero attached hydrogens (tertiary/aromatic N) is 4. The fraction of sp³-hybridized carbons (Fsp3) is 0.839. The Morgan fingerprint density at radius 3 is 2.57 bits per heavy atom. The van der Waals surface area contributed by atoms with Gasteiger partial charge in [0.2, 0.25) is 5.91 Å². The molecule has 0 aromatic carbocycles. The van der Waals surface area contributed by atoms with E-state index in [9.17, 15) is 9.59 Å². The van der Waals surface area contributed by atoms with Crippen molar-refractivity contribution >= 4 is 25.5 Å². The van der Waals surface area contributed by atoms with Crippen molar-refractivity contribution in [1.82, 2.24) is 24.9 Å². The topological polar surface area (TPSA) is 98.2 Å². The lowest BCUT2D eigenvalue weighted by molar-refractivity contribution is -0.130. The average molecular weight is 612 g/mol. The van der Waals surface area contributed by atoms with E-state index in [0.717, 1.165) is 57.2 Å². The van der Waals surface area contributed by atoms with E-state index in [1.807, 2.05) is 25.5 Å². The van der Waals surface area contributed by atoms with Gasteiger partial charge >= 0.3 is 6.09 Å². The van der Waals surface area contributed by atoms with Crippen LogP contribution in [0.2, 0.25) is 0 Å². The molecule has 3 rings (SSSR count). The highest BCUT2D eigenvalue weighted by Gasteiger charge is 2.42. The molecule has 2 fully saturated rings. The third-order valence-corrected chi connectivity index (χ3v) is 8.38. The van der Waals surface area contributed by atoms with Crippen LogP contribution in [-0.2, 0) is 25.5 Å².